The Morgan fingerprint density at radius 1 is 0.358 bits per heavy atom. The van der Waals surface area contributed by atoms with Gasteiger partial charge in [-0.2, -0.15) is 0 Å². The topological polar surface area (TPSA) is 71.2 Å². The standard InChI is InChI=1S/C46H26N4O3/c1-3-11-41-31(9-1)35-23-33-29-17-15-27(21-37(29)49(39(33)25-43(35)52-41)45-13-5-7-19-47-45)51-28-16-18-30-34-24-36-32-10-2-4-12-42(32)53-44(36)26-40(34)50(38(30)22-28)46-14-6-8-20-48-46/h1-26H. The second-order valence-corrected chi connectivity index (χ2v) is 13.4. The molecule has 0 N–H and O–H groups in total. The van der Waals surface area contributed by atoms with Gasteiger partial charge in [0.2, 0.25) is 0 Å². The highest BCUT2D eigenvalue weighted by molar-refractivity contribution is 6.19. The van der Waals surface area contributed by atoms with Crippen molar-refractivity contribution in [2.45, 2.75) is 0 Å². The number of furan rings is 2. The Balaban J connectivity index is 1.04. The van der Waals surface area contributed by atoms with Gasteiger partial charge in [0.05, 0.1) is 22.1 Å². The van der Waals surface area contributed by atoms with Crippen LogP contribution in [0.5, 0.6) is 11.5 Å². The fourth-order valence-corrected chi connectivity index (χ4v) is 8.16. The third-order valence-electron chi connectivity index (χ3n) is 10.5. The third kappa shape index (κ3) is 4.10. The molecule has 0 aliphatic rings. The van der Waals surface area contributed by atoms with E-state index in [4.69, 9.17) is 23.5 Å². The first-order valence-corrected chi connectivity index (χ1v) is 17.5. The first-order chi connectivity index (χ1) is 26.2. The molecule has 0 atom stereocenters. The van der Waals surface area contributed by atoms with E-state index in [1.807, 2.05) is 85.2 Å². The quantitative estimate of drug-likeness (QED) is 0.185. The molecular weight excluding hydrogens is 657 g/mol. The maximum absolute atomic E-state index is 6.70. The van der Waals surface area contributed by atoms with E-state index in [9.17, 15) is 0 Å². The normalized spacial score (nSPS) is 12.2. The summed E-state index contributed by atoms with van der Waals surface area (Å²) in [5.74, 6) is 3.07. The van der Waals surface area contributed by atoms with Crippen LogP contribution in [-0.4, -0.2) is 19.1 Å². The number of hydrogen-bond donors (Lipinski definition) is 0. The molecule has 6 aromatic carbocycles. The lowest BCUT2D eigenvalue weighted by Crippen LogP contribution is -1.97. The zero-order valence-corrected chi connectivity index (χ0v) is 28.0. The smallest absolute Gasteiger partial charge is 0.137 e. The summed E-state index contributed by atoms with van der Waals surface area (Å²) in [6, 6.07) is 49.6. The number of rotatable bonds is 4. The molecule has 0 saturated heterocycles. The Bertz CT molecular complexity index is 3200. The van der Waals surface area contributed by atoms with Crippen LogP contribution in [0, 0.1) is 0 Å². The molecule has 0 radical (unpaired) electrons. The lowest BCUT2D eigenvalue weighted by molar-refractivity contribution is 0.484. The first kappa shape index (κ1) is 28.3. The zero-order valence-electron chi connectivity index (χ0n) is 28.0. The lowest BCUT2D eigenvalue weighted by atomic mass is 10.1. The highest BCUT2D eigenvalue weighted by atomic mass is 16.5. The molecule has 0 fully saturated rings. The number of hydrogen-bond acceptors (Lipinski definition) is 5. The molecular formula is C46H26N4O3. The summed E-state index contributed by atoms with van der Waals surface area (Å²) in [7, 11) is 0. The van der Waals surface area contributed by atoms with Crippen LogP contribution in [-0.2, 0) is 0 Å². The van der Waals surface area contributed by atoms with E-state index in [-0.39, 0.29) is 0 Å². The van der Waals surface area contributed by atoms with Crippen LogP contribution in [0.3, 0.4) is 0 Å². The molecule has 7 nitrogen and oxygen atoms in total. The van der Waals surface area contributed by atoms with Crippen molar-refractivity contribution in [2.24, 2.45) is 0 Å². The monoisotopic (exact) mass is 682 g/mol. The summed E-state index contributed by atoms with van der Waals surface area (Å²) in [6.45, 7) is 0. The number of para-hydroxylation sites is 2. The van der Waals surface area contributed by atoms with Crippen molar-refractivity contribution in [1.82, 2.24) is 19.1 Å². The molecule has 0 bridgehead atoms. The molecule has 0 amide bonds. The van der Waals surface area contributed by atoms with Gasteiger partial charge in [0.25, 0.3) is 0 Å². The Morgan fingerprint density at radius 2 is 0.811 bits per heavy atom. The summed E-state index contributed by atoms with van der Waals surface area (Å²) in [6.07, 6.45) is 3.64. The fraction of sp³-hybridized carbons (Fsp3) is 0. The molecule has 248 valence electrons. The van der Waals surface area contributed by atoms with Gasteiger partial charge < -0.3 is 13.6 Å². The van der Waals surface area contributed by atoms with Gasteiger partial charge in [-0.1, -0.05) is 48.5 Å². The molecule has 53 heavy (non-hydrogen) atoms. The zero-order chi connectivity index (χ0) is 34.6. The van der Waals surface area contributed by atoms with Gasteiger partial charge in [-0.05, 0) is 72.8 Å². The van der Waals surface area contributed by atoms with Gasteiger partial charge in [0, 0.05) is 79.7 Å². The molecule has 0 aliphatic carbocycles. The summed E-state index contributed by atoms with van der Waals surface area (Å²) < 4.78 is 23.7. The van der Waals surface area contributed by atoms with Crippen LogP contribution in [0.2, 0.25) is 0 Å². The lowest BCUT2D eigenvalue weighted by Gasteiger charge is -2.10. The number of aromatic nitrogens is 4. The number of benzene rings is 6. The molecule has 6 aromatic heterocycles. The second kappa shape index (κ2) is 10.6. The average molecular weight is 683 g/mol. The Hall–Kier alpha value is -7.38. The molecule has 0 unspecified atom stereocenters. The van der Waals surface area contributed by atoms with Crippen molar-refractivity contribution in [1.29, 1.82) is 0 Å². The van der Waals surface area contributed by atoms with E-state index in [1.165, 1.54) is 0 Å². The third-order valence-corrected chi connectivity index (χ3v) is 10.5. The van der Waals surface area contributed by atoms with Crippen molar-refractivity contribution >= 4 is 87.5 Å². The molecule has 12 aromatic rings. The molecule has 7 heteroatoms. The van der Waals surface area contributed by atoms with Gasteiger partial charge in [-0.15, -0.1) is 0 Å². The molecule has 0 saturated carbocycles. The Labute approximate surface area is 300 Å². The van der Waals surface area contributed by atoms with E-state index in [0.29, 0.717) is 0 Å². The minimum absolute atomic E-state index is 0.718. The van der Waals surface area contributed by atoms with Crippen LogP contribution in [0.1, 0.15) is 0 Å². The van der Waals surface area contributed by atoms with Crippen molar-refractivity contribution in [2.75, 3.05) is 0 Å². The van der Waals surface area contributed by atoms with E-state index in [2.05, 4.69) is 81.9 Å². The maximum atomic E-state index is 6.70. The Morgan fingerprint density at radius 3 is 1.28 bits per heavy atom. The minimum Gasteiger partial charge on any atom is -0.457 e. The van der Waals surface area contributed by atoms with Crippen molar-refractivity contribution in [3.63, 3.8) is 0 Å². The van der Waals surface area contributed by atoms with Crippen LogP contribution in [0.25, 0.3) is 99.1 Å². The van der Waals surface area contributed by atoms with Gasteiger partial charge >= 0.3 is 0 Å². The highest BCUT2D eigenvalue weighted by Crippen LogP contribution is 2.42. The van der Waals surface area contributed by atoms with Crippen LogP contribution in [0.4, 0.5) is 0 Å². The van der Waals surface area contributed by atoms with Gasteiger partial charge in [0.1, 0.15) is 45.5 Å². The number of pyridine rings is 2. The maximum Gasteiger partial charge on any atom is 0.137 e. The predicted molar refractivity (Wildman–Crippen MR) is 212 cm³/mol. The van der Waals surface area contributed by atoms with Crippen LogP contribution >= 0.6 is 0 Å². The van der Waals surface area contributed by atoms with Gasteiger partial charge in [0.15, 0.2) is 0 Å². The molecule has 0 aliphatic heterocycles. The minimum atomic E-state index is 0.718. The predicted octanol–water partition coefficient (Wildman–Crippen LogP) is 12.3. The number of ether oxygens (including phenoxy) is 1. The van der Waals surface area contributed by atoms with E-state index in [1.54, 1.807) is 0 Å². The molecule has 12 rings (SSSR count). The van der Waals surface area contributed by atoms with E-state index < -0.39 is 0 Å². The summed E-state index contributed by atoms with van der Waals surface area (Å²) >= 11 is 0. The molecule has 6 heterocycles. The molecule has 0 spiro atoms. The fourth-order valence-electron chi connectivity index (χ4n) is 8.16. The SMILES string of the molecule is c1ccc(-n2c3cc(Oc4ccc5c6cc7c(cc6n(-c6ccccn6)c5c4)oc4ccccc47)ccc3c3cc4c(cc32)oc2ccccc24)nc1. The van der Waals surface area contributed by atoms with Crippen molar-refractivity contribution < 1.29 is 13.6 Å². The van der Waals surface area contributed by atoms with E-state index >= 15 is 0 Å². The van der Waals surface area contributed by atoms with Crippen molar-refractivity contribution in [3.8, 4) is 23.1 Å². The van der Waals surface area contributed by atoms with Crippen molar-refractivity contribution in [3.05, 3.63) is 158 Å². The largest absolute Gasteiger partial charge is 0.457 e. The number of fused-ring (bicyclic) bond motifs is 12. The average Bonchev–Trinajstić information content (AvgIpc) is 3.93. The van der Waals surface area contributed by atoms with Crippen LogP contribution in [0.15, 0.2) is 167 Å². The second-order valence-electron chi connectivity index (χ2n) is 13.4. The summed E-state index contributed by atoms with van der Waals surface area (Å²) in [5, 5.41) is 8.83. The first-order valence-electron chi connectivity index (χ1n) is 17.5. The number of nitrogens with zero attached hydrogens (tertiary/aromatic N) is 4. The summed E-state index contributed by atoms with van der Waals surface area (Å²) in [5.41, 5.74) is 7.45. The van der Waals surface area contributed by atoms with Gasteiger partial charge in [-0.25, -0.2) is 9.97 Å². The highest BCUT2D eigenvalue weighted by Gasteiger charge is 2.20. The van der Waals surface area contributed by atoms with Gasteiger partial charge in [-0.3, -0.25) is 9.13 Å². The summed E-state index contributed by atoms with van der Waals surface area (Å²) in [4.78, 5) is 9.52. The Kier molecular flexibility index (Phi) is 5.65. The van der Waals surface area contributed by atoms with Crippen LogP contribution < -0.4 is 4.74 Å². The van der Waals surface area contributed by atoms with E-state index in [0.717, 1.165) is 111 Å².